The molecular weight excluding hydrogens is 347 g/mol. The number of rotatable bonds is 5. The molecule has 7 nitrogen and oxygen atoms in total. The summed E-state index contributed by atoms with van der Waals surface area (Å²) < 4.78 is 14.6. The smallest absolute Gasteiger partial charge is 0.248 e. The van der Waals surface area contributed by atoms with E-state index in [1.165, 1.54) is 12.1 Å². The summed E-state index contributed by atoms with van der Waals surface area (Å²) in [6.07, 6.45) is 0.654. The van der Waals surface area contributed by atoms with E-state index < -0.39 is 0 Å². The fraction of sp³-hybridized carbons (Fsp3) is 0.263. The number of carbonyl (C=O) groups is 1. The number of anilines is 1. The van der Waals surface area contributed by atoms with Crippen molar-refractivity contribution in [2.75, 3.05) is 11.9 Å². The molecule has 27 heavy (non-hydrogen) atoms. The van der Waals surface area contributed by atoms with Gasteiger partial charge in [-0.3, -0.25) is 4.79 Å². The summed E-state index contributed by atoms with van der Waals surface area (Å²) in [6.45, 7) is 3.09. The van der Waals surface area contributed by atoms with Crippen LogP contribution in [0.25, 0.3) is 5.69 Å². The number of tetrazole rings is 1. The number of nitrogens with one attached hydrogen (secondary N) is 1. The molecule has 3 aromatic rings. The summed E-state index contributed by atoms with van der Waals surface area (Å²) in [4.78, 5) is 14.5. The average molecular weight is 366 g/mol. The molecule has 0 aliphatic carbocycles. The van der Waals surface area contributed by atoms with Gasteiger partial charge in [-0.2, -0.15) is 4.68 Å². The van der Waals surface area contributed by atoms with Crippen molar-refractivity contribution in [1.29, 1.82) is 0 Å². The zero-order chi connectivity index (χ0) is 18.8. The van der Waals surface area contributed by atoms with Gasteiger partial charge in [0.05, 0.1) is 5.69 Å². The maximum absolute atomic E-state index is 13.0. The standard InChI is InChI=1S/C19H19FN6O/c1-13-2-8-16(9-3-13)26-19(22-23-24-26)21-17-10-11-25(18(17)27)12-14-4-6-15(20)7-5-14/h2-9,17H,10-12H2,1H3,(H,21,22,24). The molecule has 0 radical (unpaired) electrons. The van der Waals surface area contributed by atoms with Crippen LogP contribution in [-0.2, 0) is 11.3 Å². The lowest BCUT2D eigenvalue weighted by molar-refractivity contribution is -0.128. The van der Waals surface area contributed by atoms with Crippen molar-refractivity contribution in [1.82, 2.24) is 25.1 Å². The van der Waals surface area contributed by atoms with Crippen LogP contribution in [0.2, 0.25) is 0 Å². The van der Waals surface area contributed by atoms with Gasteiger partial charge in [0.2, 0.25) is 11.9 Å². The van der Waals surface area contributed by atoms with Crippen LogP contribution < -0.4 is 5.32 Å². The maximum atomic E-state index is 13.0. The van der Waals surface area contributed by atoms with E-state index in [1.54, 1.807) is 21.7 Å². The van der Waals surface area contributed by atoms with Crippen LogP contribution in [0.4, 0.5) is 10.3 Å². The van der Waals surface area contributed by atoms with E-state index in [1.807, 2.05) is 31.2 Å². The lowest BCUT2D eigenvalue weighted by Crippen LogP contribution is -2.33. The number of aryl methyl sites for hydroxylation is 1. The fourth-order valence-corrected chi connectivity index (χ4v) is 3.13. The lowest BCUT2D eigenvalue weighted by atomic mass is 10.2. The molecule has 2 aromatic carbocycles. The number of halogens is 1. The highest BCUT2D eigenvalue weighted by Gasteiger charge is 2.32. The number of carbonyl (C=O) groups excluding carboxylic acids is 1. The second kappa shape index (κ2) is 7.14. The van der Waals surface area contributed by atoms with E-state index in [2.05, 4.69) is 20.8 Å². The SMILES string of the molecule is Cc1ccc(-n2nnnc2NC2CCN(Cc3ccc(F)cc3)C2=O)cc1. The lowest BCUT2D eigenvalue weighted by Gasteiger charge is -2.17. The van der Waals surface area contributed by atoms with Crippen LogP contribution in [0.15, 0.2) is 48.5 Å². The first kappa shape index (κ1) is 17.1. The topological polar surface area (TPSA) is 75.9 Å². The molecule has 8 heteroatoms. The summed E-state index contributed by atoms with van der Waals surface area (Å²) in [5, 5.41) is 14.9. The summed E-state index contributed by atoms with van der Waals surface area (Å²) in [5.41, 5.74) is 2.86. The van der Waals surface area contributed by atoms with Gasteiger partial charge in [0.15, 0.2) is 0 Å². The Bertz CT molecular complexity index is 938. The van der Waals surface area contributed by atoms with Crippen LogP contribution in [0, 0.1) is 12.7 Å². The minimum absolute atomic E-state index is 0.0159. The maximum Gasteiger partial charge on any atom is 0.248 e. The number of likely N-dealkylation sites (tertiary alicyclic amines) is 1. The molecular formula is C19H19FN6O. The van der Waals surface area contributed by atoms with Crippen molar-refractivity contribution in [2.45, 2.75) is 25.9 Å². The second-order valence-corrected chi connectivity index (χ2v) is 6.62. The van der Waals surface area contributed by atoms with Gasteiger partial charge in [-0.1, -0.05) is 34.9 Å². The molecule has 1 aliphatic rings. The van der Waals surface area contributed by atoms with E-state index in [0.717, 1.165) is 16.8 Å². The Morgan fingerprint density at radius 3 is 2.63 bits per heavy atom. The molecule has 1 N–H and O–H groups in total. The van der Waals surface area contributed by atoms with Gasteiger partial charge >= 0.3 is 0 Å². The molecule has 4 rings (SSSR count). The van der Waals surface area contributed by atoms with Crippen LogP contribution in [0.3, 0.4) is 0 Å². The molecule has 1 unspecified atom stereocenters. The Morgan fingerprint density at radius 1 is 1.15 bits per heavy atom. The highest BCUT2D eigenvalue weighted by atomic mass is 19.1. The quantitative estimate of drug-likeness (QED) is 0.750. The second-order valence-electron chi connectivity index (χ2n) is 6.62. The first-order valence-corrected chi connectivity index (χ1v) is 8.75. The molecule has 1 aromatic heterocycles. The summed E-state index contributed by atoms with van der Waals surface area (Å²) in [6, 6.07) is 13.6. The molecule has 0 saturated carbocycles. The molecule has 0 bridgehead atoms. The van der Waals surface area contributed by atoms with Crippen molar-refractivity contribution in [3.63, 3.8) is 0 Å². The predicted molar refractivity (Wildman–Crippen MR) is 97.7 cm³/mol. The Balaban J connectivity index is 1.45. The molecule has 1 aliphatic heterocycles. The number of aromatic nitrogens is 4. The largest absolute Gasteiger partial charge is 0.341 e. The first-order chi connectivity index (χ1) is 13.1. The van der Waals surface area contributed by atoms with Crippen molar-refractivity contribution in [3.05, 3.63) is 65.5 Å². The van der Waals surface area contributed by atoms with Gasteiger partial charge in [0.25, 0.3) is 0 Å². The van der Waals surface area contributed by atoms with Gasteiger partial charge in [-0.15, -0.1) is 0 Å². The van der Waals surface area contributed by atoms with E-state index in [9.17, 15) is 9.18 Å². The van der Waals surface area contributed by atoms with Gasteiger partial charge in [-0.05, 0) is 53.6 Å². The molecule has 1 amide bonds. The molecule has 1 saturated heterocycles. The van der Waals surface area contributed by atoms with E-state index in [-0.39, 0.29) is 17.8 Å². The van der Waals surface area contributed by atoms with Gasteiger partial charge in [0, 0.05) is 13.1 Å². The number of nitrogens with zero attached hydrogens (tertiary/aromatic N) is 5. The van der Waals surface area contributed by atoms with Crippen LogP contribution >= 0.6 is 0 Å². The third-order valence-corrected chi connectivity index (χ3v) is 4.64. The van der Waals surface area contributed by atoms with Crippen molar-refractivity contribution in [3.8, 4) is 5.69 Å². The average Bonchev–Trinajstić information content (AvgIpc) is 3.26. The van der Waals surface area contributed by atoms with Crippen LogP contribution in [-0.4, -0.2) is 43.6 Å². The van der Waals surface area contributed by atoms with Crippen molar-refractivity contribution < 1.29 is 9.18 Å². The predicted octanol–water partition coefficient (Wildman–Crippen LogP) is 2.32. The minimum Gasteiger partial charge on any atom is -0.341 e. The van der Waals surface area contributed by atoms with Crippen LogP contribution in [0.1, 0.15) is 17.5 Å². The molecule has 1 atom stereocenters. The first-order valence-electron chi connectivity index (χ1n) is 8.75. The Morgan fingerprint density at radius 2 is 1.89 bits per heavy atom. The molecule has 138 valence electrons. The third kappa shape index (κ3) is 3.64. The van der Waals surface area contributed by atoms with Gasteiger partial charge < -0.3 is 10.2 Å². The van der Waals surface area contributed by atoms with Gasteiger partial charge in [-0.25, -0.2) is 4.39 Å². The normalized spacial score (nSPS) is 16.7. The molecule has 1 fully saturated rings. The minimum atomic E-state index is -0.388. The summed E-state index contributed by atoms with van der Waals surface area (Å²) in [7, 11) is 0. The van der Waals surface area contributed by atoms with Gasteiger partial charge in [0.1, 0.15) is 11.9 Å². The Labute approximate surface area is 155 Å². The fourth-order valence-electron chi connectivity index (χ4n) is 3.13. The van der Waals surface area contributed by atoms with Crippen LogP contribution in [0.5, 0.6) is 0 Å². The zero-order valence-corrected chi connectivity index (χ0v) is 14.8. The number of hydrogen-bond donors (Lipinski definition) is 1. The zero-order valence-electron chi connectivity index (χ0n) is 14.8. The van der Waals surface area contributed by atoms with E-state index in [0.29, 0.717) is 25.5 Å². The Kier molecular flexibility index (Phi) is 4.53. The summed E-state index contributed by atoms with van der Waals surface area (Å²) in [5.74, 6) is 0.132. The highest BCUT2D eigenvalue weighted by molar-refractivity contribution is 5.86. The van der Waals surface area contributed by atoms with E-state index >= 15 is 0 Å². The van der Waals surface area contributed by atoms with Crippen molar-refractivity contribution in [2.24, 2.45) is 0 Å². The summed E-state index contributed by atoms with van der Waals surface area (Å²) >= 11 is 0. The number of amides is 1. The Hall–Kier alpha value is -3.29. The monoisotopic (exact) mass is 366 g/mol. The molecule has 2 heterocycles. The third-order valence-electron chi connectivity index (χ3n) is 4.64. The van der Waals surface area contributed by atoms with E-state index in [4.69, 9.17) is 0 Å². The highest BCUT2D eigenvalue weighted by Crippen LogP contribution is 2.20. The molecule has 0 spiro atoms. The van der Waals surface area contributed by atoms with Crippen molar-refractivity contribution >= 4 is 11.9 Å². The number of benzene rings is 2. The number of hydrogen-bond acceptors (Lipinski definition) is 5.